The average molecular weight is 214 g/mol. The fourth-order valence-corrected chi connectivity index (χ4v) is 1.43. The molecule has 4 heteroatoms. The first kappa shape index (κ1) is 10.4. The van der Waals surface area contributed by atoms with Crippen molar-refractivity contribution in [3.05, 3.63) is 53.9 Å². The van der Waals surface area contributed by atoms with E-state index in [1.54, 1.807) is 10.9 Å². The molecule has 2 N–H and O–H groups in total. The van der Waals surface area contributed by atoms with Gasteiger partial charge < -0.3 is 5.73 Å². The summed E-state index contributed by atoms with van der Waals surface area (Å²) in [5.41, 5.74) is 7.88. The molecule has 0 spiro atoms. The van der Waals surface area contributed by atoms with Crippen LogP contribution in [0.2, 0.25) is 0 Å². The summed E-state index contributed by atoms with van der Waals surface area (Å²) in [7, 11) is 1.88. The third kappa shape index (κ3) is 2.48. The summed E-state index contributed by atoms with van der Waals surface area (Å²) >= 11 is 0. The molecule has 4 nitrogen and oxygen atoms in total. The van der Waals surface area contributed by atoms with Crippen molar-refractivity contribution < 1.29 is 0 Å². The first-order valence-electron chi connectivity index (χ1n) is 5.08. The first-order chi connectivity index (χ1) is 7.75. The molecule has 2 rings (SSSR count). The lowest BCUT2D eigenvalue weighted by atomic mass is 10.2. The van der Waals surface area contributed by atoms with E-state index in [1.165, 1.54) is 0 Å². The summed E-state index contributed by atoms with van der Waals surface area (Å²) in [5.74, 6) is 0.560. The molecular formula is C12H14N4. The Labute approximate surface area is 94.4 Å². The van der Waals surface area contributed by atoms with Gasteiger partial charge in [-0.05, 0) is 0 Å². The van der Waals surface area contributed by atoms with E-state index in [-0.39, 0.29) is 0 Å². The molecule has 0 radical (unpaired) electrons. The van der Waals surface area contributed by atoms with Crippen molar-refractivity contribution in [2.75, 3.05) is 0 Å². The van der Waals surface area contributed by atoms with Crippen LogP contribution in [0.15, 0.2) is 47.7 Å². The van der Waals surface area contributed by atoms with Crippen LogP contribution in [0.3, 0.4) is 0 Å². The number of benzene rings is 1. The van der Waals surface area contributed by atoms with Crippen LogP contribution in [-0.4, -0.2) is 15.6 Å². The summed E-state index contributed by atoms with van der Waals surface area (Å²) in [6, 6.07) is 9.74. The number of rotatable bonds is 3. The Morgan fingerprint density at radius 3 is 2.75 bits per heavy atom. The van der Waals surface area contributed by atoms with Gasteiger partial charge in [-0.15, -0.1) is 0 Å². The molecule has 0 aliphatic carbocycles. The largest absolute Gasteiger partial charge is 0.383 e. The summed E-state index contributed by atoms with van der Waals surface area (Å²) in [4.78, 5) is 4.32. The summed E-state index contributed by atoms with van der Waals surface area (Å²) in [5, 5.41) is 4.07. The van der Waals surface area contributed by atoms with Crippen LogP contribution in [0.1, 0.15) is 11.1 Å². The third-order valence-corrected chi connectivity index (χ3v) is 2.26. The van der Waals surface area contributed by atoms with Crippen molar-refractivity contribution in [2.24, 2.45) is 17.8 Å². The van der Waals surface area contributed by atoms with Gasteiger partial charge in [0, 0.05) is 24.4 Å². The topological polar surface area (TPSA) is 56.2 Å². The molecule has 0 aliphatic heterocycles. The highest BCUT2D eigenvalue weighted by Crippen LogP contribution is 2.02. The predicted octanol–water partition coefficient (Wildman–Crippen LogP) is 1.33. The smallest absolute Gasteiger partial charge is 0.125 e. The van der Waals surface area contributed by atoms with Crippen LogP contribution < -0.4 is 5.73 Å². The van der Waals surface area contributed by atoms with Crippen LogP contribution in [0.5, 0.6) is 0 Å². The van der Waals surface area contributed by atoms with E-state index in [9.17, 15) is 0 Å². The monoisotopic (exact) mass is 214 g/mol. The summed E-state index contributed by atoms with van der Waals surface area (Å²) < 4.78 is 1.75. The number of nitrogens with two attached hydrogens (primary N) is 1. The Morgan fingerprint density at radius 2 is 2.12 bits per heavy atom. The molecule has 1 heterocycles. The normalized spacial score (nSPS) is 11.7. The van der Waals surface area contributed by atoms with E-state index in [4.69, 9.17) is 5.73 Å². The van der Waals surface area contributed by atoms with Gasteiger partial charge in [-0.25, -0.2) is 0 Å². The predicted molar refractivity (Wildman–Crippen MR) is 64.1 cm³/mol. The molecule has 16 heavy (non-hydrogen) atoms. The maximum absolute atomic E-state index is 5.87. The molecule has 0 unspecified atom stereocenters. The standard InChI is InChI=1S/C12H14N4/c1-16-9-10(8-15-16)7-14-12(13)11-5-3-2-4-6-11/h2-6,8-9H,7H2,1H3,(H2,13,14). The minimum absolute atomic E-state index is 0.560. The second kappa shape index (κ2) is 4.61. The molecule has 0 saturated carbocycles. The molecule has 0 atom stereocenters. The second-order valence-electron chi connectivity index (χ2n) is 3.59. The van der Waals surface area contributed by atoms with E-state index in [0.29, 0.717) is 12.4 Å². The van der Waals surface area contributed by atoms with E-state index >= 15 is 0 Å². The van der Waals surface area contributed by atoms with E-state index in [1.807, 2.05) is 43.6 Å². The van der Waals surface area contributed by atoms with E-state index in [2.05, 4.69) is 10.1 Å². The molecule has 0 bridgehead atoms. The number of aliphatic imine (C=N–C) groups is 1. The van der Waals surface area contributed by atoms with Crippen LogP contribution in [0, 0.1) is 0 Å². The first-order valence-corrected chi connectivity index (χ1v) is 5.08. The number of nitrogens with zero attached hydrogens (tertiary/aromatic N) is 3. The van der Waals surface area contributed by atoms with Gasteiger partial charge in [-0.3, -0.25) is 9.67 Å². The number of hydrogen-bond acceptors (Lipinski definition) is 2. The molecule has 1 aromatic carbocycles. The van der Waals surface area contributed by atoms with Gasteiger partial charge in [0.15, 0.2) is 0 Å². The van der Waals surface area contributed by atoms with Crippen molar-refractivity contribution in [3.63, 3.8) is 0 Å². The highest BCUT2D eigenvalue weighted by molar-refractivity contribution is 5.97. The molecule has 0 saturated heterocycles. The van der Waals surface area contributed by atoms with Crippen LogP contribution in [-0.2, 0) is 13.6 Å². The van der Waals surface area contributed by atoms with Gasteiger partial charge in [0.05, 0.1) is 12.7 Å². The average Bonchev–Trinajstić information content (AvgIpc) is 2.73. The second-order valence-corrected chi connectivity index (χ2v) is 3.59. The van der Waals surface area contributed by atoms with Crippen LogP contribution in [0.25, 0.3) is 0 Å². The van der Waals surface area contributed by atoms with Crippen molar-refractivity contribution in [3.8, 4) is 0 Å². The molecule has 0 amide bonds. The molecule has 2 aromatic rings. The molecule has 82 valence electrons. The fraction of sp³-hybridized carbons (Fsp3) is 0.167. The fourth-order valence-electron chi connectivity index (χ4n) is 1.43. The third-order valence-electron chi connectivity index (χ3n) is 2.26. The van der Waals surface area contributed by atoms with Crippen molar-refractivity contribution in [1.29, 1.82) is 0 Å². The van der Waals surface area contributed by atoms with Crippen LogP contribution >= 0.6 is 0 Å². The highest BCUT2D eigenvalue weighted by Gasteiger charge is 1.98. The highest BCUT2D eigenvalue weighted by atomic mass is 15.2. The zero-order valence-electron chi connectivity index (χ0n) is 9.17. The lowest BCUT2D eigenvalue weighted by molar-refractivity contribution is 0.767. The number of aryl methyl sites for hydroxylation is 1. The molecular weight excluding hydrogens is 200 g/mol. The zero-order valence-corrected chi connectivity index (χ0v) is 9.17. The lowest BCUT2D eigenvalue weighted by Gasteiger charge is -1.99. The lowest BCUT2D eigenvalue weighted by Crippen LogP contribution is -2.13. The van der Waals surface area contributed by atoms with E-state index in [0.717, 1.165) is 11.1 Å². The Kier molecular flexibility index (Phi) is 3.00. The minimum atomic E-state index is 0.560. The van der Waals surface area contributed by atoms with Crippen molar-refractivity contribution in [2.45, 2.75) is 6.54 Å². The van der Waals surface area contributed by atoms with Gasteiger partial charge in [-0.2, -0.15) is 5.10 Å². The van der Waals surface area contributed by atoms with E-state index < -0.39 is 0 Å². The number of amidine groups is 1. The van der Waals surface area contributed by atoms with Gasteiger partial charge >= 0.3 is 0 Å². The maximum atomic E-state index is 5.87. The Bertz CT molecular complexity index is 485. The zero-order chi connectivity index (χ0) is 11.4. The molecule has 1 aromatic heterocycles. The summed E-state index contributed by atoms with van der Waals surface area (Å²) in [6.45, 7) is 0.564. The van der Waals surface area contributed by atoms with Crippen molar-refractivity contribution in [1.82, 2.24) is 9.78 Å². The Morgan fingerprint density at radius 1 is 1.38 bits per heavy atom. The quantitative estimate of drug-likeness (QED) is 0.619. The molecule has 0 fully saturated rings. The van der Waals surface area contributed by atoms with Gasteiger partial charge in [0.1, 0.15) is 5.84 Å². The SMILES string of the molecule is Cn1cc(CN=C(N)c2ccccc2)cn1. The summed E-state index contributed by atoms with van der Waals surface area (Å²) in [6.07, 6.45) is 3.73. The Hall–Kier alpha value is -2.10. The van der Waals surface area contributed by atoms with Gasteiger partial charge in [0.25, 0.3) is 0 Å². The number of aromatic nitrogens is 2. The maximum Gasteiger partial charge on any atom is 0.125 e. The Balaban J connectivity index is 2.08. The van der Waals surface area contributed by atoms with Crippen LogP contribution in [0.4, 0.5) is 0 Å². The molecule has 0 aliphatic rings. The van der Waals surface area contributed by atoms with Gasteiger partial charge in [-0.1, -0.05) is 30.3 Å². The minimum Gasteiger partial charge on any atom is -0.383 e. The van der Waals surface area contributed by atoms with Gasteiger partial charge in [0.2, 0.25) is 0 Å². The number of hydrogen-bond donors (Lipinski definition) is 1. The van der Waals surface area contributed by atoms with Crippen molar-refractivity contribution >= 4 is 5.84 Å².